The summed E-state index contributed by atoms with van der Waals surface area (Å²) >= 11 is 0. The van der Waals surface area contributed by atoms with E-state index >= 15 is 0 Å². The van der Waals surface area contributed by atoms with Crippen molar-refractivity contribution in [2.24, 2.45) is 0 Å². The molecule has 1 amide bonds. The smallest absolute Gasteiger partial charge is 0.263 e. The Morgan fingerprint density at radius 3 is 2.67 bits per heavy atom. The summed E-state index contributed by atoms with van der Waals surface area (Å²) in [5, 5.41) is 2.27. The highest BCUT2D eigenvalue weighted by molar-refractivity contribution is 8.13. The molecular formula is C12H16ClNO6S. The zero-order valence-electron chi connectivity index (χ0n) is 11.5. The predicted octanol–water partition coefficient (Wildman–Crippen LogP) is 1.57. The fourth-order valence-corrected chi connectivity index (χ4v) is 2.59. The van der Waals surface area contributed by atoms with Gasteiger partial charge in [-0.05, 0) is 19.1 Å². The number of carbonyl (C=O) groups excluding carboxylic acids is 1. The monoisotopic (exact) mass is 337 g/mol. The van der Waals surface area contributed by atoms with E-state index in [2.05, 4.69) is 5.32 Å². The Bertz CT molecular complexity index is 577. The summed E-state index contributed by atoms with van der Waals surface area (Å²) in [6.45, 7) is 2.24. The first-order chi connectivity index (χ1) is 9.93. The molecule has 1 atom stereocenters. The van der Waals surface area contributed by atoms with Gasteiger partial charge < -0.3 is 19.5 Å². The van der Waals surface area contributed by atoms with Crippen molar-refractivity contribution >= 4 is 31.8 Å². The molecule has 1 aromatic carbocycles. The van der Waals surface area contributed by atoms with Crippen molar-refractivity contribution in [3.63, 3.8) is 0 Å². The Balaban J connectivity index is 3.04. The van der Waals surface area contributed by atoms with E-state index in [1.165, 1.54) is 25.3 Å². The average Bonchev–Trinajstić information content (AvgIpc) is 2.43. The van der Waals surface area contributed by atoms with Gasteiger partial charge in [0.2, 0.25) is 6.41 Å². The molecule has 1 N–H and O–H groups in total. The molecule has 1 aromatic rings. The molecule has 0 saturated carbocycles. The molecule has 7 nitrogen and oxygen atoms in total. The number of hydrogen-bond donors (Lipinski definition) is 1. The number of halogens is 1. The molecular weight excluding hydrogens is 322 g/mol. The highest BCUT2D eigenvalue weighted by Gasteiger charge is 2.20. The molecule has 0 aliphatic carbocycles. The van der Waals surface area contributed by atoms with Crippen LogP contribution in [0.25, 0.3) is 0 Å². The van der Waals surface area contributed by atoms with Gasteiger partial charge in [0.15, 0.2) is 6.29 Å². The third kappa shape index (κ3) is 5.16. The van der Waals surface area contributed by atoms with Gasteiger partial charge in [0, 0.05) is 24.4 Å². The van der Waals surface area contributed by atoms with E-state index in [1.807, 2.05) is 0 Å². The number of methoxy groups -OCH3 is 1. The lowest BCUT2D eigenvalue weighted by Crippen LogP contribution is -2.24. The summed E-state index contributed by atoms with van der Waals surface area (Å²) in [4.78, 5) is 10.4. The van der Waals surface area contributed by atoms with Gasteiger partial charge in [0.1, 0.15) is 22.9 Å². The van der Waals surface area contributed by atoms with Crippen LogP contribution in [0.1, 0.15) is 6.92 Å². The maximum Gasteiger partial charge on any atom is 0.263 e. The van der Waals surface area contributed by atoms with E-state index in [9.17, 15) is 13.2 Å². The first-order valence-corrected chi connectivity index (χ1v) is 8.30. The Morgan fingerprint density at radius 1 is 1.43 bits per heavy atom. The van der Waals surface area contributed by atoms with Crippen molar-refractivity contribution in [2.75, 3.05) is 25.6 Å². The van der Waals surface area contributed by atoms with Crippen molar-refractivity contribution < 1.29 is 27.4 Å². The van der Waals surface area contributed by atoms with E-state index in [0.717, 1.165) is 0 Å². The molecule has 9 heteroatoms. The first kappa shape index (κ1) is 17.7. The zero-order valence-corrected chi connectivity index (χ0v) is 13.1. The number of amides is 1. The van der Waals surface area contributed by atoms with Crippen LogP contribution in [0, 0.1) is 0 Å². The van der Waals surface area contributed by atoms with Gasteiger partial charge in [0.05, 0.1) is 0 Å². The van der Waals surface area contributed by atoms with Gasteiger partial charge in [-0.2, -0.15) is 0 Å². The summed E-state index contributed by atoms with van der Waals surface area (Å²) in [6, 6.07) is 4.20. The number of nitrogens with one attached hydrogen (secondary N) is 1. The molecule has 118 valence electrons. The number of carbonyl (C=O) groups is 1. The zero-order chi connectivity index (χ0) is 15.9. The van der Waals surface area contributed by atoms with Crippen LogP contribution in [-0.2, 0) is 23.3 Å². The van der Waals surface area contributed by atoms with Gasteiger partial charge in [-0.3, -0.25) is 4.79 Å². The fourth-order valence-electron chi connectivity index (χ4n) is 1.56. The lowest BCUT2D eigenvalue weighted by Gasteiger charge is -2.18. The van der Waals surface area contributed by atoms with Gasteiger partial charge in [-0.15, -0.1) is 0 Å². The van der Waals surface area contributed by atoms with Crippen molar-refractivity contribution in [3.05, 3.63) is 18.2 Å². The minimum absolute atomic E-state index is 0.0175. The highest BCUT2D eigenvalue weighted by atomic mass is 35.7. The molecule has 0 aliphatic heterocycles. The van der Waals surface area contributed by atoms with Crippen LogP contribution in [0.4, 0.5) is 5.69 Å². The lowest BCUT2D eigenvalue weighted by atomic mass is 10.3. The minimum Gasteiger partial charge on any atom is -0.486 e. The van der Waals surface area contributed by atoms with Gasteiger partial charge in [-0.1, -0.05) is 6.07 Å². The maximum absolute atomic E-state index is 11.5. The molecule has 0 aromatic heterocycles. The lowest BCUT2D eigenvalue weighted by molar-refractivity contribution is -0.137. The summed E-state index contributed by atoms with van der Waals surface area (Å²) in [6.07, 6.45) is -0.278. The van der Waals surface area contributed by atoms with E-state index in [4.69, 9.17) is 24.9 Å². The summed E-state index contributed by atoms with van der Waals surface area (Å²) in [5.41, 5.74) is -0.0335. The minimum atomic E-state index is -4.02. The Kier molecular flexibility index (Phi) is 6.90. The van der Waals surface area contributed by atoms with Gasteiger partial charge in [-0.25, -0.2) is 8.42 Å². The highest BCUT2D eigenvalue weighted by Crippen LogP contribution is 2.33. The van der Waals surface area contributed by atoms with Gasteiger partial charge in [0.25, 0.3) is 9.05 Å². The molecule has 0 spiro atoms. The molecule has 0 fully saturated rings. The Morgan fingerprint density at radius 2 is 2.14 bits per heavy atom. The Labute approximate surface area is 127 Å². The van der Waals surface area contributed by atoms with Crippen LogP contribution < -0.4 is 10.1 Å². The molecule has 0 radical (unpaired) electrons. The molecule has 1 rings (SSSR count). The van der Waals surface area contributed by atoms with Crippen LogP contribution >= 0.6 is 10.7 Å². The van der Waals surface area contributed by atoms with Crippen LogP contribution in [-0.4, -0.2) is 41.4 Å². The van der Waals surface area contributed by atoms with Crippen molar-refractivity contribution in [3.8, 4) is 5.75 Å². The summed E-state index contributed by atoms with van der Waals surface area (Å²) in [7, 11) is 2.75. The average molecular weight is 338 g/mol. The molecule has 0 heterocycles. The molecule has 0 aliphatic rings. The predicted molar refractivity (Wildman–Crippen MR) is 77.1 cm³/mol. The van der Waals surface area contributed by atoms with Crippen molar-refractivity contribution in [1.29, 1.82) is 0 Å². The maximum atomic E-state index is 11.5. The second kappa shape index (κ2) is 8.18. The largest absolute Gasteiger partial charge is 0.486 e. The Hall–Kier alpha value is -1.35. The number of ether oxygens (including phenoxy) is 3. The van der Waals surface area contributed by atoms with E-state index in [1.54, 1.807) is 6.92 Å². The number of hydrogen-bond acceptors (Lipinski definition) is 6. The van der Waals surface area contributed by atoms with E-state index in [-0.39, 0.29) is 22.9 Å². The van der Waals surface area contributed by atoms with Crippen molar-refractivity contribution in [1.82, 2.24) is 0 Å². The molecule has 0 bridgehead atoms. The van der Waals surface area contributed by atoms with Crippen LogP contribution in [0.2, 0.25) is 0 Å². The molecule has 21 heavy (non-hydrogen) atoms. The number of rotatable bonds is 9. The summed E-state index contributed by atoms with van der Waals surface area (Å²) in [5.74, 6) is 0.144. The SMILES string of the molecule is CCOC(COc1cccc(S(=O)(=O)Cl)c1NC=O)OC. The third-order valence-corrected chi connectivity index (χ3v) is 3.81. The van der Waals surface area contributed by atoms with E-state index < -0.39 is 15.3 Å². The number of anilines is 1. The van der Waals surface area contributed by atoms with Gasteiger partial charge >= 0.3 is 0 Å². The second-order valence-electron chi connectivity index (χ2n) is 3.76. The standard InChI is InChI=1S/C12H16ClNO6S/c1-3-19-11(18-2)7-20-9-5-4-6-10(21(13,16)17)12(9)14-8-15/h4-6,8,11H,3,7H2,1-2H3,(H,14,15). The summed E-state index contributed by atoms with van der Waals surface area (Å²) < 4.78 is 38.7. The number of benzene rings is 1. The van der Waals surface area contributed by atoms with Crippen LogP contribution in [0.15, 0.2) is 23.1 Å². The van der Waals surface area contributed by atoms with Crippen molar-refractivity contribution in [2.45, 2.75) is 18.1 Å². The van der Waals surface area contributed by atoms with Crippen LogP contribution in [0.5, 0.6) is 5.75 Å². The van der Waals surface area contributed by atoms with E-state index in [0.29, 0.717) is 13.0 Å². The fraction of sp³-hybridized carbons (Fsp3) is 0.417. The van der Waals surface area contributed by atoms with Crippen LogP contribution in [0.3, 0.4) is 0 Å². The third-order valence-electron chi connectivity index (χ3n) is 2.44. The normalized spacial score (nSPS) is 12.7. The topological polar surface area (TPSA) is 90.9 Å². The molecule has 0 saturated heterocycles. The second-order valence-corrected chi connectivity index (χ2v) is 6.30. The molecule has 1 unspecified atom stereocenters. The number of para-hydroxylation sites is 1. The first-order valence-electron chi connectivity index (χ1n) is 5.99. The quantitative estimate of drug-likeness (QED) is 0.418.